The first-order valence-electron chi connectivity index (χ1n) is 7.92. The van der Waals surface area contributed by atoms with E-state index in [2.05, 4.69) is 10.3 Å². The van der Waals surface area contributed by atoms with E-state index in [1.54, 1.807) is 0 Å². The van der Waals surface area contributed by atoms with E-state index in [0.717, 1.165) is 32.9 Å². The number of amides is 1. The Morgan fingerprint density at radius 3 is 2.88 bits per heavy atom. The van der Waals surface area contributed by atoms with Crippen molar-refractivity contribution < 1.29 is 4.79 Å². The molecule has 1 N–H and O–H groups in total. The Kier molecular flexibility index (Phi) is 3.49. The molecule has 1 aliphatic heterocycles. The van der Waals surface area contributed by atoms with Gasteiger partial charge in [-0.1, -0.05) is 18.2 Å². The first-order valence-corrected chi connectivity index (χ1v) is 8.73. The van der Waals surface area contributed by atoms with Crippen LogP contribution < -0.4 is 10.9 Å². The molecule has 0 bridgehead atoms. The maximum atomic E-state index is 12.9. The molecule has 0 saturated carbocycles. The quantitative estimate of drug-likeness (QED) is 0.740. The Balaban J connectivity index is 1.81. The summed E-state index contributed by atoms with van der Waals surface area (Å²) in [4.78, 5) is 31.8. The summed E-state index contributed by atoms with van der Waals surface area (Å²) in [5.41, 5.74) is 2.75. The van der Waals surface area contributed by atoms with Gasteiger partial charge in [0.25, 0.3) is 5.56 Å². The van der Waals surface area contributed by atoms with Gasteiger partial charge in [0.15, 0.2) is 0 Å². The van der Waals surface area contributed by atoms with Crippen LogP contribution in [-0.2, 0) is 11.2 Å². The van der Waals surface area contributed by atoms with Crippen molar-refractivity contribution in [3.63, 3.8) is 0 Å². The van der Waals surface area contributed by atoms with Crippen molar-refractivity contribution in [3.8, 4) is 0 Å². The van der Waals surface area contributed by atoms with Gasteiger partial charge in [-0.3, -0.25) is 14.2 Å². The molecule has 2 aromatic heterocycles. The van der Waals surface area contributed by atoms with Crippen LogP contribution in [0.3, 0.4) is 0 Å². The highest BCUT2D eigenvalue weighted by molar-refractivity contribution is 7.18. The third-order valence-corrected chi connectivity index (χ3v) is 5.83. The normalized spacial score (nSPS) is 17.4. The molecular weight excluding hydrogens is 322 g/mol. The number of benzene rings is 1. The highest BCUT2D eigenvalue weighted by Gasteiger charge is 2.27. The SMILES string of the molecule is Cc1sc2ncn([C@H]3CCc4ccccc4NC3=O)c(=O)c2c1C. The van der Waals surface area contributed by atoms with Gasteiger partial charge in [-0.25, -0.2) is 4.98 Å². The van der Waals surface area contributed by atoms with E-state index in [1.807, 2.05) is 38.1 Å². The number of nitrogens with one attached hydrogen (secondary N) is 1. The molecule has 24 heavy (non-hydrogen) atoms. The Morgan fingerprint density at radius 2 is 2.04 bits per heavy atom. The number of carbonyl (C=O) groups excluding carboxylic acids is 1. The smallest absolute Gasteiger partial charge is 0.263 e. The number of carbonyl (C=O) groups is 1. The van der Waals surface area contributed by atoms with Gasteiger partial charge < -0.3 is 5.32 Å². The van der Waals surface area contributed by atoms with Crippen molar-refractivity contribution in [2.45, 2.75) is 32.7 Å². The predicted octanol–water partition coefficient (Wildman–Crippen LogP) is 3.20. The fourth-order valence-corrected chi connectivity index (χ4v) is 4.22. The molecule has 3 aromatic rings. The minimum atomic E-state index is -0.540. The number of thiophene rings is 1. The van der Waals surface area contributed by atoms with Gasteiger partial charge in [-0.05, 0) is 43.9 Å². The monoisotopic (exact) mass is 339 g/mol. The van der Waals surface area contributed by atoms with E-state index in [-0.39, 0.29) is 11.5 Å². The van der Waals surface area contributed by atoms with E-state index in [0.29, 0.717) is 11.8 Å². The van der Waals surface area contributed by atoms with Crippen molar-refractivity contribution in [1.82, 2.24) is 9.55 Å². The Hall–Kier alpha value is -2.47. The number of rotatable bonds is 1. The maximum Gasteiger partial charge on any atom is 0.263 e. The van der Waals surface area contributed by atoms with Gasteiger partial charge >= 0.3 is 0 Å². The molecule has 5 nitrogen and oxygen atoms in total. The minimum Gasteiger partial charge on any atom is -0.324 e. The zero-order chi connectivity index (χ0) is 16.8. The molecule has 1 atom stereocenters. The Labute approximate surface area is 143 Å². The average molecular weight is 339 g/mol. The van der Waals surface area contributed by atoms with Gasteiger partial charge in [-0.15, -0.1) is 11.3 Å². The summed E-state index contributed by atoms with van der Waals surface area (Å²) in [5.74, 6) is -0.159. The number of hydrogen-bond donors (Lipinski definition) is 1. The second-order valence-electron chi connectivity index (χ2n) is 6.12. The highest BCUT2D eigenvalue weighted by atomic mass is 32.1. The number of fused-ring (bicyclic) bond motifs is 2. The third kappa shape index (κ3) is 2.26. The van der Waals surface area contributed by atoms with Crippen LogP contribution in [0.15, 0.2) is 35.4 Å². The van der Waals surface area contributed by atoms with Crippen molar-refractivity contribution in [3.05, 3.63) is 57.0 Å². The lowest BCUT2D eigenvalue weighted by Crippen LogP contribution is -2.32. The Bertz CT molecular complexity index is 1020. The summed E-state index contributed by atoms with van der Waals surface area (Å²) in [5, 5.41) is 3.58. The van der Waals surface area contributed by atoms with E-state index in [9.17, 15) is 9.59 Å². The molecule has 122 valence electrons. The summed E-state index contributed by atoms with van der Waals surface area (Å²) >= 11 is 1.52. The molecule has 0 radical (unpaired) electrons. The number of para-hydroxylation sites is 1. The second-order valence-corrected chi connectivity index (χ2v) is 7.32. The Morgan fingerprint density at radius 1 is 1.25 bits per heavy atom. The summed E-state index contributed by atoms with van der Waals surface area (Å²) in [6.07, 6.45) is 2.84. The molecule has 0 unspecified atom stereocenters. The number of aryl methyl sites for hydroxylation is 3. The molecule has 0 fully saturated rings. The summed E-state index contributed by atoms with van der Waals surface area (Å²) in [6, 6.07) is 7.22. The molecule has 0 aliphatic carbocycles. The first kappa shape index (κ1) is 15.1. The van der Waals surface area contributed by atoms with Crippen LogP contribution in [-0.4, -0.2) is 15.5 Å². The number of hydrogen-bond acceptors (Lipinski definition) is 4. The second kappa shape index (κ2) is 5.56. The molecule has 1 amide bonds. The van der Waals surface area contributed by atoms with Gasteiger partial charge in [-0.2, -0.15) is 0 Å². The lowest BCUT2D eigenvalue weighted by molar-refractivity contribution is -0.119. The van der Waals surface area contributed by atoms with Crippen LogP contribution in [0.1, 0.15) is 28.5 Å². The van der Waals surface area contributed by atoms with Crippen molar-refractivity contribution in [2.24, 2.45) is 0 Å². The van der Waals surface area contributed by atoms with Gasteiger partial charge in [0, 0.05) is 10.6 Å². The van der Waals surface area contributed by atoms with Gasteiger partial charge in [0.2, 0.25) is 5.91 Å². The molecule has 0 saturated heterocycles. The number of aromatic nitrogens is 2. The van der Waals surface area contributed by atoms with Crippen molar-refractivity contribution >= 4 is 33.1 Å². The third-order valence-electron chi connectivity index (χ3n) is 4.72. The molecular formula is C18H17N3O2S. The molecule has 6 heteroatoms. The first-order chi connectivity index (χ1) is 11.6. The highest BCUT2D eigenvalue weighted by Crippen LogP contribution is 2.28. The van der Waals surface area contributed by atoms with Crippen LogP contribution >= 0.6 is 11.3 Å². The largest absolute Gasteiger partial charge is 0.324 e. The lowest BCUT2D eigenvalue weighted by atomic mass is 10.1. The summed E-state index contributed by atoms with van der Waals surface area (Å²) in [6.45, 7) is 3.92. The topological polar surface area (TPSA) is 64.0 Å². The van der Waals surface area contributed by atoms with Crippen LogP contribution in [0.5, 0.6) is 0 Å². The van der Waals surface area contributed by atoms with Crippen molar-refractivity contribution in [2.75, 3.05) is 5.32 Å². The predicted molar refractivity (Wildman–Crippen MR) is 95.8 cm³/mol. The summed E-state index contributed by atoms with van der Waals surface area (Å²) < 4.78 is 1.49. The lowest BCUT2D eigenvalue weighted by Gasteiger charge is -2.16. The number of anilines is 1. The van der Waals surface area contributed by atoms with Crippen LogP contribution in [0.4, 0.5) is 5.69 Å². The molecule has 1 aromatic carbocycles. The fourth-order valence-electron chi connectivity index (χ4n) is 3.23. The van der Waals surface area contributed by atoms with Crippen LogP contribution in [0.2, 0.25) is 0 Å². The molecule has 0 spiro atoms. The maximum absolute atomic E-state index is 12.9. The zero-order valence-corrected chi connectivity index (χ0v) is 14.3. The van der Waals surface area contributed by atoms with Crippen LogP contribution in [0, 0.1) is 13.8 Å². The molecule has 1 aliphatic rings. The van der Waals surface area contributed by atoms with Crippen LogP contribution in [0.25, 0.3) is 10.2 Å². The molecule has 3 heterocycles. The minimum absolute atomic E-state index is 0.132. The van der Waals surface area contributed by atoms with Crippen molar-refractivity contribution in [1.29, 1.82) is 0 Å². The van der Waals surface area contributed by atoms with E-state index in [1.165, 1.54) is 22.2 Å². The molecule has 4 rings (SSSR count). The summed E-state index contributed by atoms with van der Waals surface area (Å²) in [7, 11) is 0. The standard InChI is InChI=1S/C18H17N3O2S/c1-10-11(2)24-17-15(10)18(23)21(9-19-17)14-8-7-12-5-3-4-6-13(12)20-16(14)22/h3-6,9,14H,7-8H2,1-2H3,(H,20,22)/t14-/m0/s1. The van der Waals surface area contributed by atoms with E-state index >= 15 is 0 Å². The average Bonchev–Trinajstić information content (AvgIpc) is 2.75. The van der Waals surface area contributed by atoms with Gasteiger partial charge in [0.05, 0.1) is 11.7 Å². The van der Waals surface area contributed by atoms with E-state index < -0.39 is 6.04 Å². The van der Waals surface area contributed by atoms with Gasteiger partial charge in [0.1, 0.15) is 10.9 Å². The van der Waals surface area contributed by atoms with E-state index in [4.69, 9.17) is 0 Å². The fraction of sp³-hybridized carbons (Fsp3) is 0.278. The zero-order valence-electron chi connectivity index (χ0n) is 13.5. The number of nitrogens with zero attached hydrogens (tertiary/aromatic N) is 2.